The van der Waals surface area contributed by atoms with Crippen molar-refractivity contribution in [1.29, 1.82) is 0 Å². The standard InChI is InChI=1S/C14H16N2O5/c1-15-13(20)10-3-2-9(8-11(10)14(15)21)12(19)16(4-6-17)5-7-18/h2-3,8,17-18H,4-7H2,1H3. The van der Waals surface area contributed by atoms with Crippen LogP contribution in [0, 0.1) is 0 Å². The molecule has 2 N–H and O–H groups in total. The molecule has 1 aliphatic heterocycles. The molecule has 7 nitrogen and oxygen atoms in total. The number of hydrogen-bond donors (Lipinski definition) is 2. The molecule has 112 valence electrons. The second-order valence-corrected chi connectivity index (χ2v) is 4.67. The van der Waals surface area contributed by atoms with E-state index in [2.05, 4.69) is 0 Å². The highest BCUT2D eigenvalue weighted by atomic mass is 16.3. The van der Waals surface area contributed by atoms with E-state index >= 15 is 0 Å². The molecule has 1 aromatic rings. The molecule has 0 spiro atoms. The van der Waals surface area contributed by atoms with E-state index in [0.717, 1.165) is 4.90 Å². The normalized spacial score (nSPS) is 13.6. The number of aliphatic hydroxyl groups is 2. The van der Waals surface area contributed by atoms with Gasteiger partial charge in [-0.2, -0.15) is 0 Å². The molecule has 0 atom stereocenters. The minimum atomic E-state index is -0.444. The summed E-state index contributed by atoms with van der Waals surface area (Å²) in [6.45, 7) is -0.278. The highest BCUT2D eigenvalue weighted by molar-refractivity contribution is 6.21. The average molecular weight is 292 g/mol. The fraction of sp³-hybridized carbons (Fsp3) is 0.357. The van der Waals surface area contributed by atoms with Gasteiger partial charge in [-0.3, -0.25) is 19.3 Å². The molecule has 7 heteroatoms. The minimum absolute atomic E-state index is 0.0866. The van der Waals surface area contributed by atoms with E-state index in [1.165, 1.54) is 30.1 Å². The van der Waals surface area contributed by atoms with Crippen molar-refractivity contribution in [2.75, 3.05) is 33.4 Å². The fourth-order valence-corrected chi connectivity index (χ4v) is 2.23. The van der Waals surface area contributed by atoms with Gasteiger partial charge in [-0.1, -0.05) is 0 Å². The molecule has 21 heavy (non-hydrogen) atoms. The summed E-state index contributed by atoms with van der Waals surface area (Å²) in [7, 11) is 1.38. The quantitative estimate of drug-likeness (QED) is 0.702. The van der Waals surface area contributed by atoms with Gasteiger partial charge in [0.2, 0.25) is 0 Å². The number of hydrogen-bond acceptors (Lipinski definition) is 5. The van der Waals surface area contributed by atoms with Crippen LogP contribution in [0.2, 0.25) is 0 Å². The van der Waals surface area contributed by atoms with Crippen LogP contribution < -0.4 is 0 Å². The summed E-state index contributed by atoms with van der Waals surface area (Å²) >= 11 is 0. The summed E-state index contributed by atoms with van der Waals surface area (Å²) < 4.78 is 0. The molecule has 0 saturated carbocycles. The van der Waals surface area contributed by atoms with E-state index in [4.69, 9.17) is 10.2 Å². The number of aliphatic hydroxyl groups excluding tert-OH is 2. The lowest BCUT2D eigenvalue weighted by Crippen LogP contribution is -2.35. The summed E-state index contributed by atoms with van der Waals surface area (Å²) in [6.07, 6.45) is 0. The second-order valence-electron chi connectivity index (χ2n) is 4.67. The Morgan fingerprint density at radius 2 is 1.67 bits per heavy atom. The van der Waals surface area contributed by atoms with Gasteiger partial charge < -0.3 is 15.1 Å². The molecule has 1 aliphatic rings. The molecule has 0 saturated heterocycles. The number of carbonyl (C=O) groups is 3. The zero-order valence-corrected chi connectivity index (χ0v) is 11.6. The highest BCUT2D eigenvalue weighted by Crippen LogP contribution is 2.23. The van der Waals surface area contributed by atoms with Crippen molar-refractivity contribution in [2.24, 2.45) is 0 Å². The van der Waals surface area contributed by atoms with E-state index in [0.29, 0.717) is 0 Å². The van der Waals surface area contributed by atoms with E-state index < -0.39 is 17.7 Å². The van der Waals surface area contributed by atoms with E-state index in [1.807, 2.05) is 0 Å². The Hall–Kier alpha value is -2.25. The van der Waals surface area contributed by atoms with Crippen LogP contribution >= 0.6 is 0 Å². The van der Waals surface area contributed by atoms with Crippen LogP contribution in [0.1, 0.15) is 31.1 Å². The molecule has 0 aromatic heterocycles. The summed E-state index contributed by atoms with van der Waals surface area (Å²) in [4.78, 5) is 38.2. The number of imide groups is 1. The number of carbonyl (C=O) groups excluding carboxylic acids is 3. The molecule has 0 fully saturated rings. The van der Waals surface area contributed by atoms with Crippen LogP contribution in [0.5, 0.6) is 0 Å². The molecule has 0 bridgehead atoms. The third-order valence-corrected chi connectivity index (χ3v) is 3.36. The van der Waals surface area contributed by atoms with Gasteiger partial charge in [-0.15, -0.1) is 0 Å². The van der Waals surface area contributed by atoms with Gasteiger partial charge in [0, 0.05) is 25.7 Å². The first kappa shape index (κ1) is 15.1. The molecule has 3 amide bonds. The summed E-state index contributed by atoms with van der Waals surface area (Å²) in [5.41, 5.74) is 0.711. The van der Waals surface area contributed by atoms with Crippen LogP contribution in [0.4, 0.5) is 0 Å². The predicted octanol–water partition coefficient (Wildman–Crippen LogP) is -0.661. The predicted molar refractivity (Wildman–Crippen MR) is 72.9 cm³/mol. The van der Waals surface area contributed by atoms with Gasteiger partial charge in [-0.05, 0) is 18.2 Å². The van der Waals surface area contributed by atoms with Crippen LogP contribution in [-0.2, 0) is 0 Å². The maximum absolute atomic E-state index is 12.3. The molecule has 0 radical (unpaired) electrons. The Balaban J connectivity index is 2.32. The molecular formula is C14H16N2O5. The highest BCUT2D eigenvalue weighted by Gasteiger charge is 2.33. The van der Waals surface area contributed by atoms with Gasteiger partial charge in [0.05, 0.1) is 24.3 Å². The molecule has 1 heterocycles. The molecule has 2 rings (SSSR count). The monoisotopic (exact) mass is 292 g/mol. The third-order valence-electron chi connectivity index (χ3n) is 3.36. The lowest BCUT2D eigenvalue weighted by atomic mass is 10.0. The number of amides is 3. The lowest BCUT2D eigenvalue weighted by Gasteiger charge is -2.20. The summed E-state index contributed by atoms with van der Waals surface area (Å²) in [5, 5.41) is 17.9. The van der Waals surface area contributed by atoms with Crippen molar-refractivity contribution in [3.63, 3.8) is 0 Å². The van der Waals surface area contributed by atoms with Crippen molar-refractivity contribution >= 4 is 17.7 Å². The molecule has 1 aromatic carbocycles. The number of fused-ring (bicyclic) bond motifs is 1. The van der Waals surface area contributed by atoms with Gasteiger partial charge in [-0.25, -0.2) is 0 Å². The Bertz CT molecular complexity index is 593. The maximum Gasteiger partial charge on any atom is 0.261 e. The van der Waals surface area contributed by atoms with Gasteiger partial charge >= 0.3 is 0 Å². The van der Waals surface area contributed by atoms with Crippen molar-refractivity contribution in [2.45, 2.75) is 0 Å². The van der Waals surface area contributed by atoms with Crippen molar-refractivity contribution < 1.29 is 24.6 Å². The van der Waals surface area contributed by atoms with Crippen LogP contribution in [0.3, 0.4) is 0 Å². The number of benzene rings is 1. The maximum atomic E-state index is 12.3. The zero-order chi connectivity index (χ0) is 15.6. The van der Waals surface area contributed by atoms with Gasteiger partial charge in [0.25, 0.3) is 17.7 Å². The topological polar surface area (TPSA) is 98.2 Å². The Labute approximate surface area is 121 Å². The first-order valence-electron chi connectivity index (χ1n) is 6.48. The Kier molecular flexibility index (Phi) is 4.35. The van der Waals surface area contributed by atoms with E-state index in [9.17, 15) is 14.4 Å². The Morgan fingerprint density at radius 1 is 1.10 bits per heavy atom. The number of nitrogens with zero attached hydrogens (tertiary/aromatic N) is 2. The van der Waals surface area contributed by atoms with Gasteiger partial charge in [0.15, 0.2) is 0 Å². The fourth-order valence-electron chi connectivity index (χ4n) is 2.23. The van der Waals surface area contributed by atoms with Crippen molar-refractivity contribution in [3.8, 4) is 0 Å². The minimum Gasteiger partial charge on any atom is -0.395 e. The molecular weight excluding hydrogens is 276 g/mol. The summed E-state index contributed by atoms with van der Waals surface area (Å²) in [6, 6.07) is 4.29. The molecule has 0 unspecified atom stereocenters. The number of rotatable bonds is 5. The van der Waals surface area contributed by atoms with Gasteiger partial charge in [0.1, 0.15) is 0 Å². The zero-order valence-electron chi connectivity index (χ0n) is 11.6. The Morgan fingerprint density at radius 3 is 2.24 bits per heavy atom. The SMILES string of the molecule is CN1C(=O)c2ccc(C(=O)N(CCO)CCO)cc2C1=O. The average Bonchev–Trinajstić information content (AvgIpc) is 2.71. The lowest BCUT2D eigenvalue weighted by molar-refractivity contribution is 0.0682. The van der Waals surface area contributed by atoms with Crippen LogP contribution in [-0.4, -0.2) is 71.1 Å². The molecule has 0 aliphatic carbocycles. The van der Waals surface area contributed by atoms with E-state index in [-0.39, 0.29) is 43.0 Å². The van der Waals surface area contributed by atoms with E-state index in [1.54, 1.807) is 0 Å². The van der Waals surface area contributed by atoms with Crippen LogP contribution in [0.25, 0.3) is 0 Å². The smallest absolute Gasteiger partial charge is 0.261 e. The summed E-state index contributed by atoms with van der Waals surface area (Å²) in [5.74, 6) is -1.24. The third kappa shape index (κ3) is 2.65. The second kappa shape index (κ2) is 6.02. The first-order valence-corrected chi connectivity index (χ1v) is 6.48. The largest absolute Gasteiger partial charge is 0.395 e. The van der Waals surface area contributed by atoms with Crippen LogP contribution in [0.15, 0.2) is 18.2 Å². The van der Waals surface area contributed by atoms with Crippen molar-refractivity contribution in [1.82, 2.24) is 9.80 Å². The van der Waals surface area contributed by atoms with Crippen molar-refractivity contribution in [3.05, 3.63) is 34.9 Å². The first-order chi connectivity index (χ1) is 10.0.